The maximum absolute atomic E-state index is 12.1. The maximum Gasteiger partial charge on any atom is 0.248 e. The number of aromatic nitrogens is 1. The third-order valence-electron chi connectivity index (χ3n) is 4.09. The predicted octanol–water partition coefficient (Wildman–Crippen LogP) is 2.16. The van der Waals surface area contributed by atoms with Crippen LogP contribution in [0.3, 0.4) is 0 Å². The minimum absolute atomic E-state index is 0.0219. The second-order valence-electron chi connectivity index (χ2n) is 6.37. The smallest absolute Gasteiger partial charge is 0.248 e. The van der Waals surface area contributed by atoms with E-state index < -0.39 is 0 Å². The van der Waals surface area contributed by atoms with Gasteiger partial charge in [0, 0.05) is 36.9 Å². The molecule has 2 heterocycles. The van der Waals surface area contributed by atoms with Crippen LogP contribution in [0.2, 0.25) is 0 Å². The monoisotopic (exact) mass is 353 g/mol. The zero-order valence-electron chi connectivity index (χ0n) is 14.7. The Morgan fingerprint density at radius 3 is 3.00 bits per heavy atom. The molecule has 0 aliphatic carbocycles. The normalized spacial score (nSPS) is 18.0. The first-order valence-corrected chi connectivity index (χ1v) is 9.46. The van der Waals surface area contributed by atoms with Crippen molar-refractivity contribution in [2.45, 2.75) is 46.1 Å². The summed E-state index contributed by atoms with van der Waals surface area (Å²) >= 11 is 1.62. The molecule has 0 unspecified atom stereocenters. The fraction of sp³-hybridized carbons (Fsp3) is 0.706. The van der Waals surface area contributed by atoms with Gasteiger partial charge < -0.3 is 15.0 Å². The molecule has 1 aliphatic rings. The summed E-state index contributed by atoms with van der Waals surface area (Å²) in [5.41, 5.74) is 0.891. The molecule has 1 N–H and O–H groups in total. The van der Waals surface area contributed by atoms with E-state index in [9.17, 15) is 9.59 Å². The highest BCUT2D eigenvalue weighted by Crippen LogP contribution is 2.29. The van der Waals surface area contributed by atoms with Gasteiger partial charge in [-0.15, -0.1) is 11.3 Å². The van der Waals surface area contributed by atoms with Crippen LogP contribution in [-0.2, 0) is 20.9 Å². The van der Waals surface area contributed by atoms with E-state index >= 15 is 0 Å². The quantitative estimate of drug-likeness (QED) is 0.815. The minimum atomic E-state index is -0.0219. The number of hydrogen-bond acceptors (Lipinski definition) is 5. The molecule has 2 rings (SSSR count). The maximum atomic E-state index is 12.1. The van der Waals surface area contributed by atoms with E-state index in [1.54, 1.807) is 11.3 Å². The lowest BCUT2D eigenvalue weighted by Gasteiger charge is -2.31. The van der Waals surface area contributed by atoms with Crippen LogP contribution in [0, 0.1) is 5.92 Å². The average molecular weight is 353 g/mol. The van der Waals surface area contributed by atoms with Gasteiger partial charge in [-0.25, -0.2) is 4.98 Å². The molecule has 7 heteroatoms. The van der Waals surface area contributed by atoms with Crippen molar-refractivity contribution in [2.75, 3.05) is 26.3 Å². The zero-order chi connectivity index (χ0) is 17.5. The van der Waals surface area contributed by atoms with Gasteiger partial charge in [-0.3, -0.25) is 9.59 Å². The van der Waals surface area contributed by atoms with Crippen molar-refractivity contribution in [1.82, 2.24) is 15.2 Å². The number of rotatable bonds is 7. The van der Waals surface area contributed by atoms with Crippen LogP contribution in [-0.4, -0.2) is 48.0 Å². The van der Waals surface area contributed by atoms with Gasteiger partial charge in [-0.05, 0) is 19.8 Å². The van der Waals surface area contributed by atoms with E-state index in [4.69, 9.17) is 4.74 Å². The van der Waals surface area contributed by atoms with Gasteiger partial charge in [-0.2, -0.15) is 0 Å². The lowest BCUT2D eigenvalue weighted by atomic mass is 9.98. The van der Waals surface area contributed by atoms with Crippen LogP contribution in [0.15, 0.2) is 5.38 Å². The van der Waals surface area contributed by atoms with Gasteiger partial charge in [0.1, 0.15) is 6.61 Å². The first-order valence-electron chi connectivity index (χ1n) is 8.58. The number of hydrogen-bond donors (Lipinski definition) is 1. The summed E-state index contributed by atoms with van der Waals surface area (Å²) in [6.45, 7) is 8.32. The molecule has 1 aromatic rings. The molecule has 1 atom stereocenters. The van der Waals surface area contributed by atoms with Crippen molar-refractivity contribution >= 4 is 23.2 Å². The molecule has 2 amide bonds. The fourth-order valence-electron chi connectivity index (χ4n) is 2.66. The van der Waals surface area contributed by atoms with Crippen LogP contribution in [0.4, 0.5) is 0 Å². The Bertz CT molecular complexity index is 559. The molecule has 134 valence electrons. The van der Waals surface area contributed by atoms with Crippen LogP contribution < -0.4 is 5.32 Å². The van der Waals surface area contributed by atoms with Gasteiger partial charge in [-0.1, -0.05) is 13.8 Å². The molecular weight excluding hydrogens is 326 g/mol. The van der Waals surface area contributed by atoms with Crippen LogP contribution in [0.5, 0.6) is 0 Å². The van der Waals surface area contributed by atoms with Crippen molar-refractivity contribution in [1.29, 1.82) is 0 Å². The number of ether oxygens (including phenoxy) is 1. The molecule has 0 radical (unpaired) electrons. The summed E-state index contributed by atoms with van der Waals surface area (Å²) in [5.74, 6) is 0.354. The summed E-state index contributed by atoms with van der Waals surface area (Å²) < 4.78 is 5.22. The summed E-state index contributed by atoms with van der Waals surface area (Å²) in [6.07, 6.45) is 2.03. The molecule has 0 aromatic carbocycles. The first kappa shape index (κ1) is 18.9. The summed E-state index contributed by atoms with van der Waals surface area (Å²) in [5, 5.41) is 5.94. The van der Waals surface area contributed by atoms with E-state index in [2.05, 4.69) is 10.3 Å². The summed E-state index contributed by atoms with van der Waals surface area (Å²) in [6, 6.07) is 0. The predicted molar refractivity (Wildman–Crippen MR) is 93.8 cm³/mol. The lowest BCUT2D eigenvalue weighted by molar-refractivity contribution is -0.137. The topological polar surface area (TPSA) is 71.5 Å². The molecule has 6 nitrogen and oxygen atoms in total. The van der Waals surface area contributed by atoms with Crippen molar-refractivity contribution in [2.24, 2.45) is 5.92 Å². The van der Waals surface area contributed by atoms with Crippen molar-refractivity contribution < 1.29 is 14.3 Å². The first-order chi connectivity index (χ1) is 11.5. The number of nitrogens with one attached hydrogen (secondary N) is 1. The molecule has 24 heavy (non-hydrogen) atoms. The van der Waals surface area contributed by atoms with Crippen LogP contribution >= 0.6 is 11.3 Å². The molecule has 0 spiro atoms. The fourth-order valence-corrected chi connectivity index (χ4v) is 3.61. The molecule has 1 saturated heterocycles. The molecular formula is C17H27N3O3S. The highest BCUT2D eigenvalue weighted by molar-refractivity contribution is 7.09. The van der Waals surface area contributed by atoms with Crippen molar-refractivity contribution in [3.05, 3.63) is 16.1 Å². The van der Waals surface area contributed by atoms with Gasteiger partial charge in [0.05, 0.1) is 17.2 Å². The molecule has 1 fully saturated rings. The number of piperidine rings is 1. The Kier molecular flexibility index (Phi) is 7.17. The number of carbonyl (C=O) groups is 2. The summed E-state index contributed by atoms with van der Waals surface area (Å²) in [4.78, 5) is 30.3. The van der Waals surface area contributed by atoms with Gasteiger partial charge >= 0.3 is 0 Å². The van der Waals surface area contributed by atoms with Gasteiger partial charge in [0.15, 0.2) is 0 Å². The van der Waals surface area contributed by atoms with Crippen molar-refractivity contribution in [3.63, 3.8) is 0 Å². The lowest BCUT2D eigenvalue weighted by Crippen LogP contribution is -2.41. The third kappa shape index (κ3) is 5.27. The second kappa shape index (κ2) is 9.13. The van der Waals surface area contributed by atoms with Gasteiger partial charge in [0.2, 0.25) is 11.8 Å². The Balaban J connectivity index is 1.89. The SMILES string of the molecule is CCOCC(=O)N1CCC[C@H](c2nc(CNC(=O)C(C)C)cs2)C1. The third-order valence-corrected chi connectivity index (χ3v) is 5.15. The molecule has 1 aliphatic heterocycles. The number of likely N-dealkylation sites (tertiary alicyclic amines) is 1. The number of carbonyl (C=O) groups excluding carboxylic acids is 2. The van der Waals surface area contributed by atoms with Crippen molar-refractivity contribution in [3.8, 4) is 0 Å². The van der Waals surface area contributed by atoms with E-state index in [0.717, 1.165) is 30.1 Å². The number of nitrogens with zero attached hydrogens (tertiary/aromatic N) is 2. The zero-order valence-corrected chi connectivity index (χ0v) is 15.5. The highest BCUT2D eigenvalue weighted by atomic mass is 32.1. The standard InChI is InChI=1S/C17H27N3O3S/c1-4-23-10-15(21)20-7-5-6-13(9-20)17-19-14(11-24-17)8-18-16(22)12(2)3/h11-13H,4-10H2,1-3H3,(H,18,22)/t13-/m0/s1. The molecule has 1 aromatic heterocycles. The van der Waals surface area contributed by atoms with Crippen LogP contribution in [0.1, 0.15) is 50.2 Å². The minimum Gasteiger partial charge on any atom is -0.372 e. The Labute approximate surface area is 147 Å². The highest BCUT2D eigenvalue weighted by Gasteiger charge is 2.26. The Hall–Kier alpha value is -1.47. The van der Waals surface area contributed by atoms with E-state index in [-0.39, 0.29) is 30.3 Å². The Morgan fingerprint density at radius 2 is 2.29 bits per heavy atom. The van der Waals surface area contributed by atoms with E-state index in [0.29, 0.717) is 19.7 Å². The molecule has 0 saturated carbocycles. The number of thiazole rings is 1. The van der Waals surface area contributed by atoms with E-state index in [1.165, 1.54) is 0 Å². The van der Waals surface area contributed by atoms with Crippen LogP contribution in [0.25, 0.3) is 0 Å². The van der Waals surface area contributed by atoms with E-state index in [1.807, 2.05) is 31.1 Å². The second-order valence-corrected chi connectivity index (χ2v) is 7.26. The van der Waals surface area contributed by atoms with Gasteiger partial charge in [0.25, 0.3) is 0 Å². The Morgan fingerprint density at radius 1 is 1.50 bits per heavy atom. The number of amides is 2. The molecule has 0 bridgehead atoms. The largest absolute Gasteiger partial charge is 0.372 e. The average Bonchev–Trinajstić information content (AvgIpc) is 3.06. The summed E-state index contributed by atoms with van der Waals surface area (Å²) in [7, 11) is 0.